The fourth-order valence-corrected chi connectivity index (χ4v) is 3.18. The molecule has 0 saturated carbocycles. The van der Waals surface area contributed by atoms with E-state index in [0.29, 0.717) is 52.7 Å². The van der Waals surface area contributed by atoms with Gasteiger partial charge in [0.2, 0.25) is 11.7 Å². The van der Waals surface area contributed by atoms with Crippen molar-refractivity contribution >= 4 is 21.9 Å². The summed E-state index contributed by atoms with van der Waals surface area (Å²) in [4.78, 5) is 20.8. The highest BCUT2D eigenvalue weighted by molar-refractivity contribution is 9.10. The number of pyridine rings is 1. The van der Waals surface area contributed by atoms with Crippen LogP contribution in [0.25, 0.3) is 11.4 Å². The number of esters is 1. The second-order valence-corrected chi connectivity index (χ2v) is 7.19. The van der Waals surface area contributed by atoms with Gasteiger partial charge in [-0.3, -0.25) is 4.98 Å². The minimum Gasteiger partial charge on any atom is -0.493 e. The number of aromatic nitrogens is 3. The Morgan fingerprint density at radius 3 is 2.87 bits per heavy atom. The highest BCUT2D eigenvalue weighted by atomic mass is 79.9. The van der Waals surface area contributed by atoms with Crippen LogP contribution in [0.5, 0.6) is 11.5 Å². The van der Waals surface area contributed by atoms with Crippen LogP contribution in [0.1, 0.15) is 36.0 Å². The molecule has 0 unspecified atom stereocenters. The molecule has 0 atom stereocenters. The zero-order valence-electron chi connectivity index (χ0n) is 16.8. The van der Waals surface area contributed by atoms with E-state index in [-0.39, 0.29) is 6.61 Å². The van der Waals surface area contributed by atoms with Crippen molar-refractivity contribution in [3.63, 3.8) is 0 Å². The lowest BCUT2D eigenvalue weighted by Crippen LogP contribution is -2.08. The summed E-state index contributed by atoms with van der Waals surface area (Å²) in [6.45, 7) is 2.79. The van der Waals surface area contributed by atoms with Gasteiger partial charge < -0.3 is 18.7 Å². The summed E-state index contributed by atoms with van der Waals surface area (Å²) in [5, 5.41) is 3.94. The van der Waals surface area contributed by atoms with Crippen molar-refractivity contribution in [3.8, 4) is 22.9 Å². The van der Waals surface area contributed by atoms with Gasteiger partial charge in [-0.2, -0.15) is 4.98 Å². The average molecular weight is 476 g/mol. The number of methoxy groups -OCH3 is 1. The number of carbonyl (C=O) groups is 1. The number of nitrogens with zero attached hydrogens (tertiary/aromatic N) is 3. The first-order valence-electron chi connectivity index (χ1n) is 9.52. The average Bonchev–Trinajstić information content (AvgIpc) is 3.25. The molecule has 0 radical (unpaired) electrons. The third-order valence-electron chi connectivity index (χ3n) is 4.07. The van der Waals surface area contributed by atoms with E-state index in [9.17, 15) is 4.79 Å². The monoisotopic (exact) mass is 475 g/mol. The van der Waals surface area contributed by atoms with Gasteiger partial charge in [-0.05, 0) is 53.0 Å². The van der Waals surface area contributed by atoms with Gasteiger partial charge in [0.15, 0.2) is 11.5 Å². The van der Waals surface area contributed by atoms with Crippen LogP contribution in [0.4, 0.5) is 0 Å². The number of halogens is 1. The van der Waals surface area contributed by atoms with Crippen molar-refractivity contribution in [2.75, 3.05) is 20.3 Å². The summed E-state index contributed by atoms with van der Waals surface area (Å²) >= 11 is 3.43. The number of ether oxygens (including phenoxy) is 3. The van der Waals surface area contributed by atoms with Gasteiger partial charge >= 0.3 is 5.97 Å². The van der Waals surface area contributed by atoms with Gasteiger partial charge in [-0.15, -0.1) is 0 Å². The molecule has 0 aliphatic heterocycles. The van der Waals surface area contributed by atoms with Crippen LogP contribution in [-0.2, 0) is 11.2 Å². The fraction of sp³-hybridized carbons (Fsp3) is 0.333. The van der Waals surface area contributed by atoms with E-state index in [2.05, 4.69) is 31.1 Å². The Labute approximate surface area is 182 Å². The zero-order valence-corrected chi connectivity index (χ0v) is 18.3. The van der Waals surface area contributed by atoms with Crippen LogP contribution in [0.2, 0.25) is 0 Å². The SMILES string of the molecule is CCCOc1c(Br)cc(C(=O)OCCCc2nc(-c3cccnc3)no2)cc1OC. The van der Waals surface area contributed by atoms with Gasteiger partial charge in [0, 0.05) is 24.4 Å². The molecular formula is C21H22BrN3O5. The van der Waals surface area contributed by atoms with Gasteiger partial charge in [0.25, 0.3) is 0 Å². The Kier molecular flexibility index (Phi) is 7.78. The van der Waals surface area contributed by atoms with Crippen molar-refractivity contribution < 1.29 is 23.5 Å². The van der Waals surface area contributed by atoms with Gasteiger partial charge in [0.1, 0.15) is 0 Å². The first kappa shape index (κ1) is 21.8. The van der Waals surface area contributed by atoms with E-state index in [1.54, 1.807) is 30.6 Å². The Morgan fingerprint density at radius 2 is 2.13 bits per heavy atom. The fourth-order valence-electron chi connectivity index (χ4n) is 2.62. The number of hydrogen-bond donors (Lipinski definition) is 0. The molecule has 8 nitrogen and oxygen atoms in total. The molecule has 158 valence electrons. The first-order chi connectivity index (χ1) is 14.6. The molecule has 0 aliphatic rings. The maximum atomic E-state index is 12.4. The quantitative estimate of drug-likeness (QED) is 0.312. The molecular weight excluding hydrogens is 454 g/mol. The summed E-state index contributed by atoms with van der Waals surface area (Å²) in [6, 6.07) is 6.93. The van der Waals surface area contributed by atoms with Crippen LogP contribution in [-0.4, -0.2) is 41.4 Å². The van der Waals surface area contributed by atoms with Crippen molar-refractivity contribution in [1.82, 2.24) is 15.1 Å². The Morgan fingerprint density at radius 1 is 1.27 bits per heavy atom. The third-order valence-corrected chi connectivity index (χ3v) is 4.66. The van der Waals surface area contributed by atoms with E-state index in [0.717, 1.165) is 12.0 Å². The minimum absolute atomic E-state index is 0.220. The highest BCUT2D eigenvalue weighted by Crippen LogP contribution is 2.37. The molecule has 0 spiro atoms. The van der Waals surface area contributed by atoms with E-state index >= 15 is 0 Å². The van der Waals surface area contributed by atoms with Crippen LogP contribution >= 0.6 is 15.9 Å². The molecule has 3 rings (SSSR count). The molecule has 3 aromatic rings. The number of benzene rings is 1. The molecule has 0 N–H and O–H groups in total. The number of hydrogen-bond acceptors (Lipinski definition) is 8. The molecule has 0 amide bonds. The molecule has 2 heterocycles. The van der Waals surface area contributed by atoms with Crippen molar-refractivity contribution in [3.05, 3.63) is 52.6 Å². The number of carbonyl (C=O) groups excluding carboxylic acids is 1. The predicted octanol–water partition coefficient (Wildman–Crippen LogP) is 4.48. The van der Waals surface area contributed by atoms with Crippen LogP contribution in [0, 0.1) is 0 Å². The van der Waals surface area contributed by atoms with Gasteiger partial charge in [-0.1, -0.05) is 12.1 Å². The molecule has 30 heavy (non-hydrogen) atoms. The lowest BCUT2D eigenvalue weighted by Gasteiger charge is -2.13. The normalized spacial score (nSPS) is 10.6. The van der Waals surface area contributed by atoms with E-state index in [1.807, 2.05) is 13.0 Å². The lowest BCUT2D eigenvalue weighted by molar-refractivity contribution is 0.0497. The zero-order chi connectivity index (χ0) is 21.3. The highest BCUT2D eigenvalue weighted by Gasteiger charge is 2.17. The van der Waals surface area contributed by atoms with Crippen molar-refractivity contribution in [2.24, 2.45) is 0 Å². The summed E-state index contributed by atoms with van der Waals surface area (Å²) < 4.78 is 22.2. The smallest absolute Gasteiger partial charge is 0.338 e. The third kappa shape index (κ3) is 5.56. The second-order valence-electron chi connectivity index (χ2n) is 6.33. The molecule has 0 aliphatic carbocycles. The van der Waals surface area contributed by atoms with E-state index in [1.165, 1.54) is 7.11 Å². The predicted molar refractivity (Wildman–Crippen MR) is 113 cm³/mol. The standard InChI is InChI=1S/C21H22BrN3O5/c1-3-9-28-19-16(22)11-15(12-17(19)27-2)21(26)29-10-5-7-18-24-20(25-30-18)14-6-4-8-23-13-14/h4,6,8,11-13H,3,5,7,9-10H2,1-2H3. The van der Waals surface area contributed by atoms with E-state index in [4.69, 9.17) is 18.7 Å². The van der Waals surface area contributed by atoms with E-state index < -0.39 is 5.97 Å². The second kappa shape index (κ2) is 10.7. The summed E-state index contributed by atoms with van der Waals surface area (Å²) in [6.07, 6.45) is 5.26. The molecule has 2 aromatic heterocycles. The topological polar surface area (TPSA) is 96.6 Å². The summed E-state index contributed by atoms with van der Waals surface area (Å²) in [7, 11) is 1.53. The van der Waals surface area contributed by atoms with Crippen molar-refractivity contribution in [2.45, 2.75) is 26.2 Å². The Hall–Kier alpha value is -2.94. The maximum absolute atomic E-state index is 12.4. The van der Waals surface area contributed by atoms with Gasteiger partial charge in [0.05, 0.1) is 30.4 Å². The van der Waals surface area contributed by atoms with Crippen LogP contribution in [0.3, 0.4) is 0 Å². The van der Waals surface area contributed by atoms with Crippen LogP contribution < -0.4 is 9.47 Å². The molecule has 0 fully saturated rings. The maximum Gasteiger partial charge on any atom is 0.338 e. The first-order valence-corrected chi connectivity index (χ1v) is 10.3. The number of aryl methyl sites for hydroxylation is 1. The molecule has 1 aromatic carbocycles. The number of rotatable bonds is 10. The Balaban J connectivity index is 1.52. The Bertz CT molecular complexity index is 978. The van der Waals surface area contributed by atoms with Crippen LogP contribution in [0.15, 0.2) is 45.7 Å². The molecule has 9 heteroatoms. The lowest BCUT2D eigenvalue weighted by atomic mass is 10.2. The largest absolute Gasteiger partial charge is 0.493 e. The summed E-state index contributed by atoms with van der Waals surface area (Å²) in [5.74, 6) is 1.55. The van der Waals surface area contributed by atoms with Crippen molar-refractivity contribution in [1.29, 1.82) is 0 Å². The molecule has 0 bridgehead atoms. The summed E-state index contributed by atoms with van der Waals surface area (Å²) in [5.41, 5.74) is 1.16. The minimum atomic E-state index is -0.447. The van der Waals surface area contributed by atoms with Gasteiger partial charge in [-0.25, -0.2) is 4.79 Å². The molecule has 0 saturated heterocycles.